The first-order chi connectivity index (χ1) is 26.7. The summed E-state index contributed by atoms with van der Waals surface area (Å²) in [7, 11) is 3.00. The van der Waals surface area contributed by atoms with Gasteiger partial charge in [-0.3, -0.25) is 10.1 Å². The number of hydrogen-bond donors (Lipinski definition) is 2. The number of aliphatic hydroxyl groups is 2. The fraction of sp³-hybridized carbons (Fsp3) is 0.561. The quantitative estimate of drug-likeness (QED) is 0.0720. The summed E-state index contributed by atoms with van der Waals surface area (Å²) < 4.78 is 31.3. The highest BCUT2D eigenvalue weighted by Gasteiger charge is 2.65. The number of carbonyl (C=O) groups excluding carboxylic acids is 1. The molecule has 0 bridgehead atoms. The third-order valence-electron chi connectivity index (χ3n) is 11.3. The predicted molar refractivity (Wildman–Crippen MR) is 203 cm³/mol. The third kappa shape index (κ3) is 8.67. The maximum absolute atomic E-state index is 13.4. The number of hydrogen-bond acceptors (Lipinski definition) is 12. The normalized spacial score (nSPS) is 27.5. The Kier molecular flexibility index (Phi) is 13.5. The van der Waals surface area contributed by atoms with E-state index < -0.39 is 35.1 Å². The van der Waals surface area contributed by atoms with Gasteiger partial charge in [-0.25, -0.2) is 4.79 Å². The van der Waals surface area contributed by atoms with Crippen LogP contribution in [0.3, 0.4) is 0 Å². The monoisotopic (exact) mass is 763 g/mol. The second kappa shape index (κ2) is 18.4. The molecule has 2 fully saturated rings. The van der Waals surface area contributed by atoms with Crippen molar-refractivity contribution in [2.75, 3.05) is 40.6 Å². The molecule has 0 radical (unpaired) electrons. The first-order valence-corrected chi connectivity index (χ1v) is 19.3. The Bertz CT molecular complexity index is 1730. The summed E-state index contributed by atoms with van der Waals surface area (Å²) >= 11 is 0. The Labute approximate surface area is 321 Å². The zero-order valence-corrected chi connectivity index (χ0v) is 31.7. The Morgan fingerprint density at radius 3 is 2.60 bits per heavy atom. The zero-order valence-electron chi connectivity index (χ0n) is 31.7. The fourth-order valence-corrected chi connectivity index (χ4v) is 8.78. The molecule has 55 heavy (non-hydrogen) atoms. The minimum absolute atomic E-state index is 0.00689. The van der Waals surface area contributed by atoms with Crippen molar-refractivity contribution in [2.24, 2.45) is 22.9 Å². The van der Waals surface area contributed by atoms with E-state index in [9.17, 15) is 25.1 Å². The van der Waals surface area contributed by atoms with Crippen LogP contribution in [0.1, 0.15) is 75.7 Å². The Balaban J connectivity index is 1.55. The summed E-state index contributed by atoms with van der Waals surface area (Å²) in [5, 5.41) is 36.0. The molecule has 2 aliphatic heterocycles. The highest BCUT2D eigenvalue weighted by Crippen LogP contribution is 2.62. The van der Waals surface area contributed by atoms with E-state index >= 15 is 0 Å². The summed E-state index contributed by atoms with van der Waals surface area (Å²) in [4.78, 5) is 32.1. The molecule has 2 aromatic rings. The van der Waals surface area contributed by atoms with E-state index in [1.165, 1.54) is 24.1 Å². The molecule has 1 saturated heterocycles. The van der Waals surface area contributed by atoms with E-state index in [4.69, 9.17) is 33.7 Å². The standard InChI is InChI=1S/C41H53N3O11/c1-4-21-52-41-36(43(2)40(47)50-3)26-34(42-55-37-16-7-10-22-51-37)32-23-27(12-5-8-19-45)31(15-6-9-20-46)38(39(32)41)33-25-30(17-18-35(33)54-41)53-29-14-11-13-28(24-29)44(48)49/h4,11,13-14,17-18,23-25,27,31,36-39,45-46H,1,5-10,12,15-16,19-22,26H2,2-3H3. The van der Waals surface area contributed by atoms with Crippen molar-refractivity contribution in [1.29, 1.82) is 0 Å². The minimum Gasteiger partial charge on any atom is -0.459 e. The van der Waals surface area contributed by atoms with Crippen molar-refractivity contribution >= 4 is 17.5 Å². The molecule has 14 heteroatoms. The van der Waals surface area contributed by atoms with Crippen LogP contribution in [0.2, 0.25) is 0 Å². The lowest BCUT2D eigenvalue weighted by Gasteiger charge is -2.59. The number of methoxy groups -OCH3 is 1. The lowest BCUT2D eigenvalue weighted by Crippen LogP contribution is -2.69. The third-order valence-corrected chi connectivity index (χ3v) is 11.3. The molecule has 298 valence electrons. The maximum atomic E-state index is 13.4. The van der Waals surface area contributed by atoms with Crippen LogP contribution >= 0.6 is 0 Å². The minimum atomic E-state index is -1.42. The van der Waals surface area contributed by atoms with Gasteiger partial charge in [0.25, 0.3) is 5.69 Å². The van der Waals surface area contributed by atoms with Crippen LogP contribution < -0.4 is 9.47 Å². The van der Waals surface area contributed by atoms with Crippen molar-refractivity contribution in [2.45, 2.75) is 88.2 Å². The predicted octanol–water partition coefficient (Wildman–Crippen LogP) is 7.25. The van der Waals surface area contributed by atoms with E-state index in [0.717, 1.165) is 49.7 Å². The van der Waals surface area contributed by atoms with Gasteiger partial charge in [-0.15, -0.1) is 6.58 Å². The average Bonchev–Trinajstić information content (AvgIpc) is 3.20. The number of non-ortho nitro benzene ring substituents is 1. The molecule has 1 saturated carbocycles. The molecule has 6 rings (SSSR count). The molecular formula is C41H53N3O11. The molecule has 2 aliphatic carbocycles. The molecule has 2 N–H and O–H groups in total. The van der Waals surface area contributed by atoms with E-state index in [1.807, 2.05) is 12.1 Å². The first-order valence-electron chi connectivity index (χ1n) is 19.3. The molecule has 4 aliphatic rings. The van der Waals surface area contributed by atoms with Crippen LogP contribution in [0.4, 0.5) is 10.5 Å². The highest BCUT2D eigenvalue weighted by atomic mass is 16.8. The van der Waals surface area contributed by atoms with Gasteiger partial charge in [0.15, 0.2) is 0 Å². The SMILES string of the molecule is C=CCOC12Oc3ccc(Oc4cccc([N+](=O)[O-])c4)cc3C3C(CCCCO)C(CCCCO)C=C(C(=NOC4CCCCO4)CC1N(C)C(=O)OC)C32. The molecule has 1 amide bonds. The van der Waals surface area contributed by atoms with Gasteiger partial charge in [-0.2, -0.15) is 0 Å². The maximum Gasteiger partial charge on any atom is 0.409 e. The number of oxime groups is 1. The number of nitro groups is 1. The molecule has 2 heterocycles. The van der Waals surface area contributed by atoms with Gasteiger partial charge in [0.2, 0.25) is 12.1 Å². The smallest absolute Gasteiger partial charge is 0.409 e. The number of amides is 1. The number of benzene rings is 2. The number of unbranched alkanes of at least 4 members (excludes halogenated alkanes) is 2. The highest BCUT2D eigenvalue weighted by molar-refractivity contribution is 6.02. The van der Waals surface area contributed by atoms with Crippen LogP contribution in [0.25, 0.3) is 0 Å². The first kappa shape index (κ1) is 40.2. The van der Waals surface area contributed by atoms with E-state index in [2.05, 4.69) is 12.7 Å². The van der Waals surface area contributed by atoms with Crippen LogP contribution in [-0.4, -0.2) is 90.5 Å². The number of allylic oxidation sites excluding steroid dienone is 1. The van der Waals surface area contributed by atoms with Crippen LogP contribution in [0.15, 0.2) is 71.9 Å². The molecule has 7 unspecified atom stereocenters. The number of rotatable bonds is 17. The number of nitrogens with zero attached hydrogens (tertiary/aromatic N) is 3. The van der Waals surface area contributed by atoms with Gasteiger partial charge >= 0.3 is 6.09 Å². The average molecular weight is 764 g/mol. The van der Waals surface area contributed by atoms with Crippen molar-refractivity contribution in [3.05, 3.63) is 82.4 Å². The van der Waals surface area contributed by atoms with Crippen molar-refractivity contribution < 1.29 is 48.5 Å². The molecular weight excluding hydrogens is 710 g/mol. The lowest BCUT2D eigenvalue weighted by molar-refractivity contribution is -0.384. The summed E-state index contributed by atoms with van der Waals surface area (Å²) in [6, 6.07) is 10.8. The van der Waals surface area contributed by atoms with Crippen LogP contribution in [-0.2, 0) is 19.0 Å². The number of aliphatic hydroxyl groups excluding tert-OH is 2. The molecule has 0 spiro atoms. The van der Waals surface area contributed by atoms with Gasteiger partial charge in [0.1, 0.15) is 23.3 Å². The summed E-state index contributed by atoms with van der Waals surface area (Å²) in [5.41, 5.74) is 2.31. The van der Waals surface area contributed by atoms with E-state index in [0.29, 0.717) is 48.8 Å². The fourth-order valence-electron chi connectivity index (χ4n) is 8.78. The number of fused-ring (bicyclic) bond motifs is 2. The lowest BCUT2D eigenvalue weighted by atomic mass is 9.55. The second-order valence-corrected chi connectivity index (χ2v) is 14.6. The Morgan fingerprint density at radius 1 is 1.11 bits per heavy atom. The topological polar surface area (TPSA) is 172 Å². The largest absolute Gasteiger partial charge is 0.459 e. The summed E-state index contributed by atoms with van der Waals surface area (Å²) in [5.74, 6) is -0.829. The molecule has 2 aromatic carbocycles. The van der Waals surface area contributed by atoms with Gasteiger partial charge in [0.05, 0.1) is 42.9 Å². The van der Waals surface area contributed by atoms with Gasteiger partial charge in [-0.1, -0.05) is 36.2 Å². The summed E-state index contributed by atoms with van der Waals surface area (Å²) in [6.45, 7) is 4.80. The Morgan fingerprint density at radius 2 is 1.89 bits per heavy atom. The van der Waals surface area contributed by atoms with Crippen molar-refractivity contribution in [3.63, 3.8) is 0 Å². The number of carbonyl (C=O) groups is 1. The Hall–Kier alpha value is -4.50. The van der Waals surface area contributed by atoms with Gasteiger partial charge in [0, 0.05) is 50.7 Å². The van der Waals surface area contributed by atoms with Crippen LogP contribution in [0.5, 0.6) is 17.2 Å². The molecule has 0 aromatic heterocycles. The van der Waals surface area contributed by atoms with Crippen molar-refractivity contribution in [1.82, 2.24) is 4.90 Å². The second-order valence-electron chi connectivity index (χ2n) is 14.6. The zero-order chi connectivity index (χ0) is 39.0. The molecule has 14 nitrogen and oxygen atoms in total. The summed E-state index contributed by atoms with van der Waals surface area (Å²) in [6.07, 6.45) is 10.1. The molecule has 7 atom stereocenters. The van der Waals surface area contributed by atoms with E-state index in [-0.39, 0.29) is 49.7 Å². The van der Waals surface area contributed by atoms with Crippen molar-refractivity contribution in [3.8, 4) is 17.2 Å². The van der Waals surface area contributed by atoms with Crippen LogP contribution in [0, 0.1) is 27.9 Å². The van der Waals surface area contributed by atoms with E-state index in [1.54, 1.807) is 31.3 Å². The van der Waals surface area contributed by atoms with Gasteiger partial charge in [-0.05, 0) is 80.2 Å². The number of likely N-dealkylation sites (N-methyl/N-ethyl adjacent to an activating group) is 1. The number of nitro benzene ring substituents is 1. The van der Waals surface area contributed by atoms with Gasteiger partial charge < -0.3 is 43.6 Å². The number of ether oxygens (including phenoxy) is 5.